The number of nitrogens with one attached hydrogen (secondary N) is 1. The number of hydrogen-bond acceptors (Lipinski definition) is 4. The summed E-state index contributed by atoms with van der Waals surface area (Å²) in [7, 11) is -2.57. The fourth-order valence-electron chi connectivity index (χ4n) is 2.46. The molecule has 1 N–H and O–H groups in total. The average Bonchev–Trinajstić information content (AvgIpc) is 2.54. The van der Waals surface area contributed by atoms with Crippen LogP contribution in [0.5, 0.6) is 0 Å². The van der Waals surface area contributed by atoms with Crippen molar-refractivity contribution in [2.75, 3.05) is 39.8 Å². The quantitative estimate of drug-likeness (QED) is 0.831. The molecule has 1 aliphatic rings. The first-order valence-corrected chi connectivity index (χ1v) is 9.18. The van der Waals surface area contributed by atoms with Gasteiger partial charge in [-0.2, -0.15) is 17.5 Å². The molecular weight excluding hydrogens is 383 g/mol. The lowest BCUT2D eigenvalue weighted by Crippen LogP contribution is -2.52. The second-order valence-corrected chi connectivity index (χ2v) is 7.77. The third-order valence-electron chi connectivity index (χ3n) is 3.80. The zero-order valence-electron chi connectivity index (χ0n) is 13.3. The van der Waals surface area contributed by atoms with Crippen molar-refractivity contribution < 1.29 is 26.4 Å². The Bertz CT molecular complexity index is 747. The van der Waals surface area contributed by atoms with Crippen molar-refractivity contribution in [2.24, 2.45) is 0 Å². The molecule has 1 aromatic carbocycles. The molecule has 1 amide bonds. The van der Waals surface area contributed by atoms with Crippen molar-refractivity contribution in [3.05, 3.63) is 28.8 Å². The van der Waals surface area contributed by atoms with Crippen LogP contribution < -0.4 is 5.32 Å². The maximum Gasteiger partial charge on any atom is 0.416 e. The van der Waals surface area contributed by atoms with Gasteiger partial charge < -0.3 is 10.2 Å². The molecule has 0 unspecified atom stereocenters. The molecule has 1 fully saturated rings. The minimum Gasteiger partial charge on any atom is -0.339 e. The number of halogens is 4. The number of benzene rings is 1. The molecule has 2 rings (SSSR count). The van der Waals surface area contributed by atoms with E-state index in [9.17, 15) is 26.4 Å². The Balaban J connectivity index is 2.22. The zero-order chi connectivity index (χ0) is 18.8. The van der Waals surface area contributed by atoms with E-state index in [1.165, 1.54) is 4.90 Å². The number of carbonyl (C=O) groups excluding carboxylic acids is 1. The predicted molar refractivity (Wildman–Crippen MR) is 85.7 cm³/mol. The Morgan fingerprint density at radius 3 is 2.36 bits per heavy atom. The van der Waals surface area contributed by atoms with Crippen molar-refractivity contribution in [1.82, 2.24) is 14.5 Å². The van der Waals surface area contributed by atoms with E-state index in [2.05, 4.69) is 5.32 Å². The van der Waals surface area contributed by atoms with E-state index < -0.39 is 26.7 Å². The maximum absolute atomic E-state index is 12.8. The van der Waals surface area contributed by atoms with E-state index in [1.54, 1.807) is 7.05 Å². The Morgan fingerprint density at radius 2 is 1.84 bits per heavy atom. The minimum absolute atomic E-state index is 0.00956. The highest BCUT2D eigenvalue weighted by atomic mass is 35.5. The van der Waals surface area contributed by atoms with Crippen molar-refractivity contribution >= 4 is 27.5 Å². The lowest BCUT2D eigenvalue weighted by molar-refractivity contribution is -0.137. The Labute approximate surface area is 148 Å². The van der Waals surface area contributed by atoms with Gasteiger partial charge in [-0.3, -0.25) is 4.79 Å². The van der Waals surface area contributed by atoms with Gasteiger partial charge in [-0.15, -0.1) is 0 Å². The van der Waals surface area contributed by atoms with Gasteiger partial charge in [0.05, 0.1) is 17.1 Å². The summed E-state index contributed by atoms with van der Waals surface area (Å²) in [6.07, 6.45) is -4.67. The van der Waals surface area contributed by atoms with Crippen LogP contribution in [0.4, 0.5) is 13.2 Å². The molecule has 0 atom stereocenters. The Morgan fingerprint density at radius 1 is 1.24 bits per heavy atom. The van der Waals surface area contributed by atoms with Crippen molar-refractivity contribution in [3.63, 3.8) is 0 Å². The van der Waals surface area contributed by atoms with Gasteiger partial charge in [-0.05, 0) is 25.2 Å². The highest BCUT2D eigenvalue weighted by molar-refractivity contribution is 7.89. The van der Waals surface area contributed by atoms with Crippen molar-refractivity contribution in [1.29, 1.82) is 0 Å². The first-order chi connectivity index (χ1) is 11.6. The molecule has 140 valence electrons. The number of amides is 1. The van der Waals surface area contributed by atoms with Crippen LogP contribution in [-0.4, -0.2) is 63.3 Å². The molecular formula is C14H17ClF3N3O3S. The molecule has 1 aromatic rings. The summed E-state index contributed by atoms with van der Waals surface area (Å²) in [6, 6.07) is 2.19. The lowest BCUT2D eigenvalue weighted by atomic mass is 10.2. The highest BCUT2D eigenvalue weighted by Crippen LogP contribution is 2.34. The number of rotatable bonds is 4. The van der Waals surface area contributed by atoms with E-state index >= 15 is 0 Å². The second-order valence-electron chi connectivity index (χ2n) is 5.46. The molecule has 1 heterocycles. The smallest absolute Gasteiger partial charge is 0.339 e. The summed E-state index contributed by atoms with van der Waals surface area (Å²) in [5.41, 5.74) is -1.08. The third-order valence-corrected chi connectivity index (χ3v) is 6.18. The largest absolute Gasteiger partial charge is 0.416 e. The van der Waals surface area contributed by atoms with Gasteiger partial charge in [0, 0.05) is 26.2 Å². The molecule has 1 aliphatic heterocycles. The summed E-state index contributed by atoms with van der Waals surface area (Å²) in [4.78, 5) is 12.7. The zero-order valence-corrected chi connectivity index (χ0v) is 14.9. The normalized spacial score (nSPS) is 16.9. The van der Waals surface area contributed by atoms with E-state index in [0.29, 0.717) is 6.07 Å². The molecule has 0 radical (unpaired) electrons. The van der Waals surface area contributed by atoms with Crippen LogP contribution in [-0.2, 0) is 21.0 Å². The molecule has 0 bridgehead atoms. The van der Waals surface area contributed by atoms with Crippen LogP contribution >= 0.6 is 11.6 Å². The lowest BCUT2D eigenvalue weighted by Gasteiger charge is -2.34. The molecule has 25 heavy (non-hydrogen) atoms. The predicted octanol–water partition coefficient (Wildman–Crippen LogP) is 1.41. The summed E-state index contributed by atoms with van der Waals surface area (Å²) in [6.45, 7) is 0.438. The number of sulfonamides is 1. The topological polar surface area (TPSA) is 69.7 Å². The minimum atomic E-state index is -4.67. The van der Waals surface area contributed by atoms with Crippen LogP contribution in [0.15, 0.2) is 23.1 Å². The first-order valence-electron chi connectivity index (χ1n) is 7.36. The molecule has 0 saturated carbocycles. The molecule has 0 aromatic heterocycles. The monoisotopic (exact) mass is 399 g/mol. The van der Waals surface area contributed by atoms with E-state index in [0.717, 1.165) is 16.4 Å². The standard InChI is InChI=1S/C14H17ClF3N3O3S/c1-19-9-13(22)20-4-6-21(7-5-20)25(23,24)12-8-10(14(16,17)18)2-3-11(12)15/h2-3,8,19H,4-7,9H2,1H3. The van der Waals surface area contributed by atoms with Gasteiger partial charge in [0.2, 0.25) is 15.9 Å². The van der Waals surface area contributed by atoms with Crippen LogP contribution in [0, 0.1) is 0 Å². The molecule has 0 aliphatic carbocycles. The van der Waals surface area contributed by atoms with E-state index in [4.69, 9.17) is 11.6 Å². The number of piperazine rings is 1. The number of alkyl halides is 3. The molecule has 1 saturated heterocycles. The number of hydrogen-bond donors (Lipinski definition) is 1. The SMILES string of the molecule is CNCC(=O)N1CCN(S(=O)(=O)c2cc(C(F)(F)F)ccc2Cl)CC1. The fraction of sp³-hybridized carbons (Fsp3) is 0.500. The third kappa shape index (κ3) is 4.43. The van der Waals surface area contributed by atoms with E-state index in [-0.39, 0.29) is 43.7 Å². The van der Waals surface area contributed by atoms with Crippen LogP contribution in [0.25, 0.3) is 0 Å². The Kier molecular flexibility index (Phi) is 5.97. The van der Waals surface area contributed by atoms with Crippen LogP contribution in [0.2, 0.25) is 5.02 Å². The first kappa shape index (κ1) is 20.0. The maximum atomic E-state index is 12.8. The van der Waals surface area contributed by atoms with Gasteiger partial charge in [-0.25, -0.2) is 8.42 Å². The van der Waals surface area contributed by atoms with Gasteiger partial charge in [-0.1, -0.05) is 11.6 Å². The number of carbonyl (C=O) groups is 1. The van der Waals surface area contributed by atoms with E-state index in [1.807, 2.05) is 0 Å². The highest BCUT2D eigenvalue weighted by Gasteiger charge is 2.35. The summed E-state index contributed by atoms with van der Waals surface area (Å²) in [5.74, 6) is -0.170. The van der Waals surface area contributed by atoms with Gasteiger partial charge in [0.25, 0.3) is 0 Å². The van der Waals surface area contributed by atoms with Gasteiger partial charge in [0.15, 0.2) is 0 Å². The number of likely N-dealkylation sites (N-methyl/N-ethyl adjacent to an activating group) is 1. The molecule has 6 nitrogen and oxygen atoms in total. The van der Waals surface area contributed by atoms with Gasteiger partial charge >= 0.3 is 6.18 Å². The van der Waals surface area contributed by atoms with Gasteiger partial charge in [0.1, 0.15) is 4.90 Å². The summed E-state index contributed by atoms with van der Waals surface area (Å²) in [5, 5.41) is 2.44. The summed E-state index contributed by atoms with van der Waals surface area (Å²) < 4.78 is 64.9. The van der Waals surface area contributed by atoms with Crippen molar-refractivity contribution in [2.45, 2.75) is 11.1 Å². The Hall–Kier alpha value is -1.36. The molecule has 11 heteroatoms. The second kappa shape index (κ2) is 7.48. The number of nitrogens with zero attached hydrogens (tertiary/aromatic N) is 2. The van der Waals surface area contributed by atoms with Crippen LogP contribution in [0.3, 0.4) is 0 Å². The fourth-order valence-corrected chi connectivity index (χ4v) is 4.38. The summed E-state index contributed by atoms with van der Waals surface area (Å²) >= 11 is 5.82. The van der Waals surface area contributed by atoms with Crippen LogP contribution in [0.1, 0.15) is 5.56 Å². The average molecular weight is 400 g/mol. The van der Waals surface area contributed by atoms with Crippen molar-refractivity contribution in [3.8, 4) is 0 Å². The molecule has 0 spiro atoms.